The summed E-state index contributed by atoms with van der Waals surface area (Å²) in [6.07, 6.45) is 1.79. The second-order valence-electron chi connectivity index (χ2n) is 6.16. The fourth-order valence-corrected chi connectivity index (χ4v) is 4.14. The van der Waals surface area contributed by atoms with Crippen LogP contribution in [-0.4, -0.2) is 12.2 Å². The van der Waals surface area contributed by atoms with E-state index in [0.717, 1.165) is 6.42 Å². The van der Waals surface area contributed by atoms with Crippen molar-refractivity contribution in [2.24, 2.45) is 10.8 Å². The molecule has 1 rings (SSSR count). The van der Waals surface area contributed by atoms with E-state index in [2.05, 4.69) is 41.5 Å². The molecule has 1 aliphatic rings. The Balaban J connectivity index is 2.61. The van der Waals surface area contributed by atoms with Gasteiger partial charge in [-0.3, -0.25) is 0 Å². The second-order valence-corrected chi connectivity index (χ2v) is 7.69. The molecule has 2 nitrogen and oxygen atoms in total. The van der Waals surface area contributed by atoms with Crippen LogP contribution in [0.1, 0.15) is 48.0 Å². The summed E-state index contributed by atoms with van der Waals surface area (Å²) in [6.45, 7) is 13.5. The van der Waals surface area contributed by atoms with Crippen molar-refractivity contribution in [2.75, 3.05) is 0 Å². The Morgan fingerprint density at radius 2 is 1.21 bits per heavy atom. The van der Waals surface area contributed by atoms with Gasteiger partial charge in [-0.2, -0.15) is 0 Å². The van der Waals surface area contributed by atoms with Gasteiger partial charge in [0.25, 0.3) is 0 Å². The van der Waals surface area contributed by atoms with Crippen molar-refractivity contribution in [3.05, 3.63) is 0 Å². The van der Waals surface area contributed by atoms with E-state index in [0.29, 0.717) is 12.2 Å². The fourth-order valence-electron chi connectivity index (χ4n) is 1.30. The van der Waals surface area contributed by atoms with Gasteiger partial charge >= 0.3 is 96.4 Å². The van der Waals surface area contributed by atoms with Crippen LogP contribution in [-0.2, 0) is 25.4 Å². The Hall–Kier alpha value is 0.569. The van der Waals surface area contributed by atoms with Gasteiger partial charge in [-0.25, -0.2) is 0 Å². The third-order valence-electron chi connectivity index (χ3n) is 2.61. The summed E-state index contributed by atoms with van der Waals surface area (Å²) in [6, 6.07) is 0. The number of hydrogen-bond donors (Lipinski definition) is 0. The maximum atomic E-state index is 5.77. The predicted molar refractivity (Wildman–Crippen MR) is 53.3 cm³/mol. The van der Waals surface area contributed by atoms with Crippen LogP contribution in [0.5, 0.6) is 0 Å². The van der Waals surface area contributed by atoms with E-state index in [1.165, 1.54) is 0 Å². The zero-order chi connectivity index (χ0) is 11.0. The van der Waals surface area contributed by atoms with Gasteiger partial charge in [-0.1, -0.05) is 0 Å². The quantitative estimate of drug-likeness (QED) is 0.645. The molecule has 1 fully saturated rings. The molecule has 14 heavy (non-hydrogen) atoms. The zero-order valence-electron chi connectivity index (χ0n) is 10.0. The standard InChI is InChI=1S/C11H22O2.Ir/c1-10(2,3)8(12)7-9(13)11(4,5)6;/h8-9H,7H2,1-6H3;/q-2;+2. The van der Waals surface area contributed by atoms with Crippen LogP contribution in [0.25, 0.3) is 0 Å². The first-order valence-electron chi connectivity index (χ1n) is 5.14. The van der Waals surface area contributed by atoms with E-state index in [1.807, 2.05) is 0 Å². The van der Waals surface area contributed by atoms with Crippen molar-refractivity contribution in [1.82, 2.24) is 0 Å². The van der Waals surface area contributed by atoms with Gasteiger partial charge in [0.1, 0.15) is 0 Å². The first kappa shape index (κ1) is 12.6. The molecule has 0 saturated carbocycles. The summed E-state index contributed by atoms with van der Waals surface area (Å²) in [7, 11) is 0. The van der Waals surface area contributed by atoms with Crippen LogP contribution in [0, 0.1) is 10.8 Å². The van der Waals surface area contributed by atoms with E-state index in [-0.39, 0.29) is 10.8 Å². The Kier molecular flexibility index (Phi) is 3.80. The Bertz CT molecular complexity index is 170. The average Bonchev–Trinajstić information content (AvgIpc) is 2.01. The van der Waals surface area contributed by atoms with Crippen LogP contribution in [0.3, 0.4) is 0 Å². The summed E-state index contributed by atoms with van der Waals surface area (Å²) in [5, 5.41) is 0. The average molecular weight is 379 g/mol. The van der Waals surface area contributed by atoms with Crippen LogP contribution in [0.2, 0.25) is 0 Å². The Morgan fingerprint density at radius 1 is 0.857 bits per heavy atom. The monoisotopic (exact) mass is 379 g/mol. The molecule has 0 bridgehead atoms. The molecule has 0 spiro atoms. The first-order chi connectivity index (χ1) is 6.21. The zero-order valence-corrected chi connectivity index (χ0v) is 12.4. The van der Waals surface area contributed by atoms with Crippen molar-refractivity contribution in [3.8, 4) is 0 Å². The van der Waals surface area contributed by atoms with E-state index >= 15 is 0 Å². The van der Waals surface area contributed by atoms with Crippen molar-refractivity contribution >= 4 is 0 Å². The van der Waals surface area contributed by atoms with E-state index in [1.54, 1.807) is 0 Å². The SMILES string of the molecule is CC(C)(C)C1CC(C(C)(C)C)[O][Ir][O]1. The second kappa shape index (κ2) is 4.21. The normalized spacial score (nSPS) is 31.0. The molecule has 2 unspecified atom stereocenters. The molecule has 1 aliphatic heterocycles. The van der Waals surface area contributed by atoms with Crippen molar-refractivity contribution < 1.29 is 25.4 Å². The molecular weight excluding hydrogens is 356 g/mol. The van der Waals surface area contributed by atoms with Gasteiger partial charge in [-0.15, -0.1) is 0 Å². The van der Waals surface area contributed by atoms with Gasteiger partial charge in [-0.05, 0) is 0 Å². The minimum atomic E-state index is -0.627. The molecule has 0 amide bonds. The number of hydrogen-bond acceptors (Lipinski definition) is 2. The summed E-state index contributed by atoms with van der Waals surface area (Å²) in [5.74, 6) is 0. The summed E-state index contributed by atoms with van der Waals surface area (Å²) < 4.78 is 11.5. The Labute approximate surface area is 96.6 Å². The molecule has 3 heteroatoms. The fraction of sp³-hybridized carbons (Fsp3) is 1.00. The topological polar surface area (TPSA) is 18.5 Å². The molecule has 0 N–H and O–H groups in total. The third kappa shape index (κ3) is 3.30. The van der Waals surface area contributed by atoms with E-state index in [4.69, 9.17) is 6.99 Å². The first-order valence-corrected chi connectivity index (χ1v) is 7.09. The molecule has 0 radical (unpaired) electrons. The van der Waals surface area contributed by atoms with Gasteiger partial charge < -0.3 is 0 Å². The molecule has 0 aromatic heterocycles. The van der Waals surface area contributed by atoms with Crippen LogP contribution in [0.15, 0.2) is 0 Å². The van der Waals surface area contributed by atoms with Crippen molar-refractivity contribution in [1.29, 1.82) is 0 Å². The van der Waals surface area contributed by atoms with Gasteiger partial charge in [0, 0.05) is 0 Å². The van der Waals surface area contributed by atoms with Crippen LogP contribution in [0.4, 0.5) is 0 Å². The Morgan fingerprint density at radius 3 is 1.50 bits per heavy atom. The van der Waals surface area contributed by atoms with Gasteiger partial charge in [0.15, 0.2) is 0 Å². The van der Waals surface area contributed by atoms with Crippen LogP contribution >= 0.6 is 0 Å². The molecule has 1 saturated heterocycles. The van der Waals surface area contributed by atoms with E-state index in [9.17, 15) is 0 Å². The molecule has 87 valence electrons. The third-order valence-corrected chi connectivity index (χ3v) is 4.44. The van der Waals surface area contributed by atoms with Gasteiger partial charge in [0.2, 0.25) is 0 Å². The maximum absolute atomic E-state index is 5.77. The molecule has 0 aromatic carbocycles. The number of rotatable bonds is 0. The van der Waals surface area contributed by atoms with Crippen molar-refractivity contribution in [2.45, 2.75) is 60.2 Å². The van der Waals surface area contributed by atoms with Crippen molar-refractivity contribution in [3.63, 3.8) is 0 Å². The summed E-state index contributed by atoms with van der Waals surface area (Å²) in [5.41, 5.74) is 0.494. The molecule has 1 heterocycles. The summed E-state index contributed by atoms with van der Waals surface area (Å²) in [4.78, 5) is 0. The summed E-state index contributed by atoms with van der Waals surface area (Å²) >= 11 is -0.627. The molecule has 0 aliphatic carbocycles. The molecular formula is C11H22IrO2. The molecule has 2 atom stereocenters. The predicted octanol–water partition coefficient (Wildman–Crippen LogP) is 3.17. The molecule has 0 aromatic rings. The minimum absolute atomic E-state index is 0.247. The van der Waals surface area contributed by atoms with Crippen LogP contribution < -0.4 is 0 Å². The van der Waals surface area contributed by atoms with Gasteiger partial charge in [0.05, 0.1) is 0 Å². The van der Waals surface area contributed by atoms with E-state index < -0.39 is 18.4 Å².